The minimum atomic E-state index is -3.64. The van der Waals surface area contributed by atoms with Crippen LogP contribution in [0.2, 0.25) is 10.0 Å². The molecule has 0 bridgehead atoms. The molecular weight excluding hydrogens is 431 g/mol. The molecule has 29 heavy (non-hydrogen) atoms. The largest absolute Gasteiger partial charge is 0.351 e. The molecule has 2 rings (SSSR count). The van der Waals surface area contributed by atoms with Crippen molar-refractivity contribution in [2.75, 3.05) is 13.1 Å². The Morgan fingerprint density at radius 2 is 1.76 bits per heavy atom. The molecule has 1 heterocycles. The molecule has 0 spiro atoms. The Hall–Kier alpha value is -0.820. The molecule has 0 saturated carbocycles. The maximum Gasteiger partial charge on any atom is 0.224 e. The smallest absolute Gasteiger partial charge is 0.224 e. The van der Waals surface area contributed by atoms with Crippen molar-refractivity contribution in [3.8, 4) is 0 Å². The number of carbonyl (C=O) groups is 1. The second-order valence-electron chi connectivity index (χ2n) is 9.76. The first-order valence-corrected chi connectivity index (χ1v) is 12.3. The van der Waals surface area contributed by atoms with Crippen molar-refractivity contribution in [1.82, 2.24) is 9.62 Å². The van der Waals surface area contributed by atoms with Crippen molar-refractivity contribution >= 4 is 39.1 Å². The van der Waals surface area contributed by atoms with Crippen molar-refractivity contribution in [3.63, 3.8) is 0 Å². The van der Waals surface area contributed by atoms with E-state index in [1.54, 1.807) is 18.2 Å². The van der Waals surface area contributed by atoms with E-state index in [2.05, 4.69) is 26.1 Å². The van der Waals surface area contributed by atoms with E-state index in [0.717, 1.165) is 6.42 Å². The lowest BCUT2D eigenvalue weighted by molar-refractivity contribution is -0.128. The van der Waals surface area contributed by atoms with Gasteiger partial charge in [0.1, 0.15) is 0 Å². The van der Waals surface area contributed by atoms with Gasteiger partial charge < -0.3 is 5.32 Å². The number of piperidine rings is 1. The highest BCUT2D eigenvalue weighted by atomic mass is 35.5. The molecule has 1 aromatic carbocycles. The van der Waals surface area contributed by atoms with Gasteiger partial charge in [-0.05, 0) is 50.7 Å². The van der Waals surface area contributed by atoms with E-state index in [1.165, 1.54) is 4.31 Å². The van der Waals surface area contributed by atoms with Gasteiger partial charge >= 0.3 is 0 Å². The van der Waals surface area contributed by atoms with Crippen LogP contribution in [0.5, 0.6) is 0 Å². The number of sulfonamides is 1. The van der Waals surface area contributed by atoms with Crippen LogP contribution >= 0.6 is 23.2 Å². The van der Waals surface area contributed by atoms with Gasteiger partial charge in [-0.15, -0.1) is 0 Å². The van der Waals surface area contributed by atoms with Gasteiger partial charge in [-0.2, -0.15) is 0 Å². The van der Waals surface area contributed by atoms with Crippen LogP contribution in [0.15, 0.2) is 18.2 Å². The van der Waals surface area contributed by atoms with E-state index >= 15 is 0 Å². The molecule has 0 aromatic heterocycles. The summed E-state index contributed by atoms with van der Waals surface area (Å²) in [5.74, 6) is -0.718. The van der Waals surface area contributed by atoms with E-state index in [1.807, 2.05) is 13.8 Å². The minimum Gasteiger partial charge on any atom is -0.351 e. The van der Waals surface area contributed by atoms with Gasteiger partial charge in [-0.25, -0.2) is 12.7 Å². The quantitative estimate of drug-likeness (QED) is 0.655. The van der Waals surface area contributed by atoms with Gasteiger partial charge in [0.15, 0.2) is 0 Å². The van der Waals surface area contributed by atoms with Gasteiger partial charge in [-0.1, -0.05) is 50.0 Å². The zero-order valence-corrected chi connectivity index (χ0v) is 20.2. The summed E-state index contributed by atoms with van der Waals surface area (Å²) in [7, 11) is -3.64. The Labute approximate surface area is 185 Å². The maximum absolute atomic E-state index is 13.0. The number of amides is 1. The predicted octanol–water partition coefficient (Wildman–Crippen LogP) is 4.87. The summed E-state index contributed by atoms with van der Waals surface area (Å²) < 4.78 is 27.4. The lowest BCUT2D eigenvalue weighted by Gasteiger charge is -2.36. The summed E-state index contributed by atoms with van der Waals surface area (Å²) in [5, 5.41) is 3.78. The molecular formula is C21H32Cl2N2O3S. The monoisotopic (exact) mass is 462 g/mol. The molecule has 8 heteroatoms. The number of nitrogens with one attached hydrogen (secondary N) is 1. The first-order chi connectivity index (χ1) is 13.2. The summed E-state index contributed by atoms with van der Waals surface area (Å²) in [6.07, 6.45) is 2.15. The summed E-state index contributed by atoms with van der Waals surface area (Å²) >= 11 is 12.3. The standard InChI is InChI=1S/C21H32Cl2N2O3S/c1-20(2,3)14-21(4,5)24-19(26)15-8-7-11-25(12-15)29(27,28)13-16-17(22)9-6-10-18(16)23/h6,9-10,15H,7-8,11-14H2,1-5H3,(H,24,26)/t15-/m0/s1. The Kier molecular flexibility index (Phi) is 7.69. The van der Waals surface area contributed by atoms with E-state index in [0.29, 0.717) is 35.0 Å². The number of nitrogens with zero attached hydrogens (tertiary/aromatic N) is 1. The lowest BCUT2D eigenvalue weighted by Crippen LogP contribution is -2.52. The number of benzene rings is 1. The molecule has 164 valence electrons. The van der Waals surface area contributed by atoms with Crippen LogP contribution in [0.3, 0.4) is 0 Å². The maximum atomic E-state index is 13.0. The molecule has 1 N–H and O–H groups in total. The topological polar surface area (TPSA) is 66.5 Å². The average Bonchev–Trinajstić information content (AvgIpc) is 2.56. The van der Waals surface area contributed by atoms with Crippen LogP contribution < -0.4 is 5.32 Å². The molecule has 1 aliphatic heterocycles. The Bertz CT molecular complexity index is 828. The van der Waals surface area contributed by atoms with Crippen LogP contribution in [-0.4, -0.2) is 37.3 Å². The molecule has 1 aromatic rings. The van der Waals surface area contributed by atoms with Gasteiger partial charge in [0, 0.05) is 34.2 Å². The summed E-state index contributed by atoms with van der Waals surface area (Å²) in [4.78, 5) is 12.9. The lowest BCUT2D eigenvalue weighted by atomic mass is 9.81. The normalized spacial score (nSPS) is 19.2. The molecule has 5 nitrogen and oxygen atoms in total. The number of halogens is 2. The first kappa shape index (κ1) is 24.4. The fourth-order valence-electron chi connectivity index (χ4n) is 4.16. The molecule has 1 fully saturated rings. The van der Waals surface area contributed by atoms with Crippen molar-refractivity contribution in [3.05, 3.63) is 33.8 Å². The number of carbonyl (C=O) groups excluding carboxylic acids is 1. The molecule has 0 aliphatic carbocycles. The first-order valence-electron chi connectivity index (χ1n) is 9.93. The SMILES string of the molecule is CC(C)(C)CC(C)(C)NC(=O)[C@H]1CCCN(S(=O)(=O)Cc2c(Cl)cccc2Cl)C1. The van der Waals surface area contributed by atoms with E-state index < -0.39 is 10.0 Å². The van der Waals surface area contributed by atoms with Crippen molar-refractivity contribution in [2.24, 2.45) is 11.3 Å². The third kappa shape index (κ3) is 7.12. The highest BCUT2D eigenvalue weighted by molar-refractivity contribution is 7.88. The third-order valence-electron chi connectivity index (χ3n) is 4.97. The second-order valence-corrected chi connectivity index (χ2v) is 12.5. The third-order valence-corrected chi connectivity index (χ3v) is 7.45. The number of rotatable bonds is 6. The van der Waals surface area contributed by atoms with Crippen molar-refractivity contribution in [1.29, 1.82) is 0 Å². The molecule has 1 aliphatic rings. The van der Waals surface area contributed by atoms with Crippen LogP contribution in [0.4, 0.5) is 0 Å². The fraction of sp³-hybridized carbons (Fsp3) is 0.667. The molecule has 0 unspecified atom stereocenters. The van der Waals surface area contributed by atoms with Gasteiger partial charge in [-0.3, -0.25) is 4.79 Å². The summed E-state index contributed by atoms with van der Waals surface area (Å²) in [5.41, 5.74) is 0.114. The minimum absolute atomic E-state index is 0.0763. The molecule has 0 radical (unpaired) electrons. The molecule has 1 saturated heterocycles. The zero-order chi connectivity index (χ0) is 22.0. The van der Waals surface area contributed by atoms with Crippen LogP contribution in [-0.2, 0) is 20.6 Å². The van der Waals surface area contributed by atoms with Gasteiger partial charge in [0.25, 0.3) is 0 Å². The highest BCUT2D eigenvalue weighted by Crippen LogP contribution is 2.30. The van der Waals surface area contributed by atoms with E-state index in [-0.39, 0.29) is 35.1 Å². The van der Waals surface area contributed by atoms with E-state index in [9.17, 15) is 13.2 Å². The second kappa shape index (κ2) is 9.13. The van der Waals surface area contributed by atoms with Crippen molar-refractivity contribution in [2.45, 2.75) is 65.2 Å². The van der Waals surface area contributed by atoms with Crippen molar-refractivity contribution < 1.29 is 13.2 Å². The van der Waals surface area contributed by atoms with Gasteiger partial charge in [0.2, 0.25) is 15.9 Å². The molecule has 1 amide bonds. The van der Waals surface area contributed by atoms with Crippen LogP contribution in [0.25, 0.3) is 0 Å². The Morgan fingerprint density at radius 1 is 1.17 bits per heavy atom. The Morgan fingerprint density at radius 3 is 2.31 bits per heavy atom. The van der Waals surface area contributed by atoms with Crippen LogP contribution in [0.1, 0.15) is 59.4 Å². The zero-order valence-electron chi connectivity index (χ0n) is 17.9. The summed E-state index contributed by atoms with van der Waals surface area (Å²) in [6, 6.07) is 4.94. The fourth-order valence-corrected chi connectivity index (χ4v) is 6.52. The summed E-state index contributed by atoms with van der Waals surface area (Å²) in [6.45, 7) is 11.0. The van der Waals surface area contributed by atoms with E-state index in [4.69, 9.17) is 23.2 Å². The Balaban J connectivity index is 2.08. The predicted molar refractivity (Wildman–Crippen MR) is 120 cm³/mol. The van der Waals surface area contributed by atoms with Crippen LogP contribution in [0, 0.1) is 11.3 Å². The highest BCUT2D eigenvalue weighted by Gasteiger charge is 2.35. The average molecular weight is 463 g/mol. The van der Waals surface area contributed by atoms with Gasteiger partial charge in [0.05, 0.1) is 11.7 Å². The molecule has 1 atom stereocenters. The number of hydrogen-bond donors (Lipinski definition) is 1. The number of hydrogen-bond acceptors (Lipinski definition) is 3.